The summed E-state index contributed by atoms with van der Waals surface area (Å²) in [5.74, 6) is 0.217. The number of carbonyl (C=O) groups is 1. The first-order valence-corrected chi connectivity index (χ1v) is 7.97. The third-order valence-electron chi connectivity index (χ3n) is 4.20. The number of hydrogen-bond donors (Lipinski definition) is 0. The molecule has 0 saturated heterocycles. The largest absolute Gasteiger partial charge is 0.383 e. The molecule has 0 fully saturated rings. The van der Waals surface area contributed by atoms with Gasteiger partial charge in [-0.1, -0.05) is 54.6 Å². The summed E-state index contributed by atoms with van der Waals surface area (Å²) in [6.45, 7) is 3.28. The number of nitrogens with zero attached hydrogens (tertiary/aromatic N) is 1. The van der Waals surface area contributed by atoms with Crippen LogP contribution in [0.1, 0.15) is 29.0 Å². The molecular weight excluding hydrogens is 286 g/mol. The van der Waals surface area contributed by atoms with Crippen LogP contribution in [0.4, 0.5) is 0 Å². The molecule has 0 heterocycles. The lowest BCUT2D eigenvalue weighted by Crippen LogP contribution is -2.31. The molecule has 0 bridgehead atoms. The van der Waals surface area contributed by atoms with Crippen LogP contribution >= 0.6 is 0 Å². The molecular formula is C20H25NO2. The van der Waals surface area contributed by atoms with Gasteiger partial charge in [-0.25, -0.2) is 0 Å². The van der Waals surface area contributed by atoms with Crippen LogP contribution in [0, 0.1) is 6.92 Å². The number of amides is 1. The Morgan fingerprint density at radius 3 is 2.39 bits per heavy atom. The summed E-state index contributed by atoms with van der Waals surface area (Å²) in [7, 11) is 3.49. The van der Waals surface area contributed by atoms with Crippen LogP contribution in [0.25, 0.3) is 0 Å². The highest BCUT2D eigenvalue weighted by Crippen LogP contribution is 2.30. The van der Waals surface area contributed by atoms with E-state index in [0.717, 1.165) is 0 Å². The molecule has 3 nitrogen and oxygen atoms in total. The summed E-state index contributed by atoms with van der Waals surface area (Å²) >= 11 is 0. The Labute approximate surface area is 138 Å². The molecule has 0 radical (unpaired) electrons. The van der Waals surface area contributed by atoms with E-state index in [4.69, 9.17) is 4.74 Å². The lowest BCUT2D eigenvalue weighted by Gasteiger charge is -2.23. The maximum absolute atomic E-state index is 12.6. The van der Waals surface area contributed by atoms with Gasteiger partial charge >= 0.3 is 0 Å². The highest BCUT2D eigenvalue weighted by atomic mass is 16.5. The van der Waals surface area contributed by atoms with Gasteiger partial charge in [0.05, 0.1) is 6.61 Å². The number of carbonyl (C=O) groups excluding carboxylic acids is 1. The topological polar surface area (TPSA) is 29.5 Å². The zero-order chi connectivity index (χ0) is 16.7. The second-order valence-corrected chi connectivity index (χ2v) is 5.83. The second-order valence-electron chi connectivity index (χ2n) is 5.83. The maximum atomic E-state index is 12.6. The number of likely N-dealkylation sites (N-methyl/N-ethyl adjacent to an activating group) is 1. The minimum atomic E-state index is 0.0786. The molecule has 1 atom stereocenters. The average molecular weight is 311 g/mol. The molecule has 3 heteroatoms. The molecule has 0 unspecified atom stereocenters. The Morgan fingerprint density at radius 1 is 1.09 bits per heavy atom. The van der Waals surface area contributed by atoms with Crippen molar-refractivity contribution in [2.45, 2.75) is 19.3 Å². The Balaban J connectivity index is 2.25. The summed E-state index contributed by atoms with van der Waals surface area (Å²) in [5, 5.41) is 0. The molecule has 2 aromatic carbocycles. The van der Waals surface area contributed by atoms with E-state index in [0.29, 0.717) is 19.6 Å². The third kappa shape index (κ3) is 4.67. The normalized spacial score (nSPS) is 12.0. The molecule has 0 N–H and O–H groups in total. The third-order valence-corrected chi connectivity index (χ3v) is 4.20. The van der Waals surface area contributed by atoms with Crippen molar-refractivity contribution >= 4 is 5.91 Å². The first-order valence-electron chi connectivity index (χ1n) is 7.97. The van der Waals surface area contributed by atoms with Crippen molar-refractivity contribution in [3.05, 3.63) is 71.3 Å². The van der Waals surface area contributed by atoms with Crippen molar-refractivity contribution in [1.29, 1.82) is 0 Å². The molecule has 0 aliphatic rings. The predicted octanol–water partition coefficient (Wildman–Crippen LogP) is 3.62. The molecule has 0 aromatic heterocycles. The zero-order valence-corrected chi connectivity index (χ0v) is 14.2. The van der Waals surface area contributed by atoms with Crippen molar-refractivity contribution in [3.8, 4) is 0 Å². The number of methoxy groups -OCH3 is 1. The molecule has 1 amide bonds. The van der Waals surface area contributed by atoms with Gasteiger partial charge < -0.3 is 9.64 Å². The summed E-state index contributed by atoms with van der Waals surface area (Å²) in [4.78, 5) is 14.3. The van der Waals surface area contributed by atoms with Gasteiger partial charge in [-0.3, -0.25) is 4.79 Å². The molecule has 122 valence electrons. The van der Waals surface area contributed by atoms with Crippen LogP contribution in [0.5, 0.6) is 0 Å². The number of hydrogen-bond acceptors (Lipinski definition) is 2. The average Bonchev–Trinajstić information content (AvgIpc) is 2.59. The van der Waals surface area contributed by atoms with Crippen LogP contribution in [-0.4, -0.2) is 38.1 Å². The van der Waals surface area contributed by atoms with E-state index >= 15 is 0 Å². The van der Waals surface area contributed by atoms with E-state index in [2.05, 4.69) is 31.2 Å². The fourth-order valence-corrected chi connectivity index (χ4v) is 2.75. The van der Waals surface area contributed by atoms with Crippen molar-refractivity contribution in [2.75, 3.05) is 27.3 Å². The smallest absolute Gasteiger partial charge is 0.223 e. The number of benzene rings is 2. The Hall–Kier alpha value is -2.13. The Morgan fingerprint density at radius 2 is 1.74 bits per heavy atom. The monoisotopic (exact) mass is 311 g/mol. The van der Waals surface area contributed by atoms with Crippen molar-refractivity contribution < 1.29 is 9.53 Å². The van der Waals surface area contributed by atoms with Gasteiger partial charge in [-0.15, -0.1) is 0 Å². The van der Waals surface area contributed by atoms with Crippen molar-refractivity contribution in [2.24, 2.45) is 0 Å². The van der Waals surface area contributed by atoms with E-state index in [9.17, 15) is 4.79 Å². The lowest BCUT2D eigenvalue weighted by atomic mass is 9.86. The molecule has 0 saturated carbocycles. The molecule has 0 aliphatic carbocycles. The van der Waals surface area contributed by atoms with Gasteiger partial charge in [0.15, 0.2) is 0 Å². The van der Waals surface area contributed by atoms with Crippen molar-refractivity contribution in [3.63, 3.8) is 0 Å². The van der Waals surface area contributed by atoms with E-state index < -0.39 is 0 Å². The zero-order valence-electron chi connectivity index (χ0n) is 14.2. The standard InChI is InChI=1S/C20H25NO2/c1-16-9-7-8-12-18(16)19(17-10-5-4-6-11-17)15-20(22)21(2)13-14-23-3/h4-12,19H,13-15H2,1-3H3/t19-/m1/s1. The van der Waals surface area contributed by atoms with Gasteiger partial charge in [0, 0.05) is 33.0 Å². The highest BCUT2D eigenvalue weighted by Gasteiger charge is 2.21. The van der Waals surface area contributed by atoms with Gasteiger partial charge in [0.1, 0.15) is 0 Å². The predicted molar refractivity (Wildman–Crippen MR) is 93.6 cm³/mol. The Kier molecular flexibility index (Phi) is 6.36. The van der Waals surface area contributed by atoms with Crippen molar-refractivity contribution in [1.82, 2.24) is 4.90 Å². The second kappa shape index (κ2) is 8.49. The van der Waals surface area contributed by atoms with Gasteiger partial charge in [0.2, 0.25) is 5.91 Å². The first kappa shape index (κ1) is 17.2. The van der Waals surface area contributed by atoms with Gasteiger partial charge in [-0.2, -0.15) is 0 Å². The van der Waals surface area contributed by atoms with Gasteiger partial charge in [-0.05, 0) is 23.6 Å². The highest BCUT2D eigenvalue weighted by molar-refractivity contribution is 5.77. The fraction of sp³-hybridized carbons (Fsp3) is 0.350. The quantitative estimate of drug-likeness (QED) is 0.781. The first-order chi connectivity index (χ1) is 11.1. The Bertz CT molecular complexity index is 625. The molecule has 0 spiro atoms. The fourth-order valence-electron chi connectivity index (χ4n) is 2.75. The minimum absolute atomic E-state index is 0.0786. The summed E-state index contributed by atoms with van der Waals surface area (Å²) in [6, 6.07) is 18.5. The number of aryl methyl sites for hydroxylation is 1. The number of ether oxygens (including phenoxy) is 1. The SMILES string of the molecule is COCCN(C)C(=O)C[C@H](c1ccccc1)c1ccccc1C. The van der Waals surface area contributed by atoms with Crippen LogP contribution in [0.15, 0.2) is 54.6 Å². The maximum Gasteiger partial charge on any atom is 0.223 e. The minimum Gasteiger partial charge on any atom is -0.383 e. The van der Waals surface area contributed by atoms with Crippen LogP contribution in [0.2, 0.25) is 0 Å². The summed E-state index contributed by atoms with van der Waals surface area (Å²) < 4.78 is 5.06. The summed E-state index contributed by atoms with van der Waals surface area (Å²) in [6.07, 6.45) is 0.467. The van der Waals surface area contributed by atoms with E-state index in [1.807, 2.05) is 37.4 Å². The van der Waals surface area contributed by atoms with Gasteiger partial charge in [0.25, 0.3) is 0 Å². The van der Waals surface area contributed by atoms with E-state index in [1.54, 1.807) is 12.0 Å². The lowest BCUT2D eigenvalue weighted by molar-refractivity contribution is -0.130. The summed E-state index contributed by atoms with van der Waals surface area (Å²) in [5.41, 5.74) is 3.61. The van der Waals surface area contributed by atoms with Crippen LogP contribution in [0.3, 0.4) is 0 Å². The molecule has 2 aromatic rings. The van der Waals surface area contributed by atoms with Crippen LogP contribution in [-0.2, 0) is 9.53 Å². The van der Waals surface area contributed by atoms with Crippen LogP contribution < -0.4 is 0 Å². The molecule has 0 aliphatic heterocycles. The molecule has 2 rings (SSSR count). The van der Waals surface area contributed by atoms with E-state index in [-0.39, 0.29) is 11.8 Å². The number of rotatable bonds is 7. The van der Waals surface area contributed by atoms with E-state index in [1.165, 1.54) is 16.7 Å². The molecule has 23 heavy (non-hydrogen) atoms.